The summed E-state index contributed by atoms with van der Waals surface area (Å²) in [5.41, 5.74) is 2.24. The van der Waals surface area contributed by atoms with Gasteiger partial charge in [-0.25, -0.2) is 0 Å². The zero-order valence-corrected chi connectivity index (χ0v) is 7.93. The van der Waals surface area contributed by atoms with E-state index in [0.29, 0.717) is 12.0 Å². The molecule has 14 heavy (non-hydrogen) atoms. The van der Waals surface area contributed by atoms with E-state index in [2.05, 4.69) is 5.16 Å². The second-order valence-corrected chi connectivity index (χ2v) is 3.69. The minimum absolute atomic E-state index is 0.368. The molecule has 0 radical (unpaired) electrons. The Morgan fingerprint density at radius 3 is 2.64 bits per heavy atom. The summed E-state index contributed by atoms with van der Waals surface area (Å²) in [6.07, 6.45) is 1.50. The van der Waals surface area contributed by atoms with E-state index in [4.69, 9.17) is 9.57 Å². The lowest BCUT2D eigenvalue weighted by Crippen LogP contribution is -2.01. The molecule has 3 heteroatoms. The maximum atomic E-state index is 5.21. The average molecular weight is 189 g/mol. The first kappa shape index (κ1) is 7.85. The highest BCUT2D eigenvalue weighted by molar-refractivity contribution is 6.04. The molecule has 1 aliphatic heterocycles. The van der Waals surface area contributed by atoms with Gasteiger partial charge in [-0.05, 0) is 36.2 Å². The summed E-state index contributed by atoms with van der Waals surface area (Å²) in [5.74, 6) is 1.42. The molecular formula is C11H11NO2. The minimum atomic E-state index is 0.368. The Morgan fingerprint density at radius 2 is 2.14 bits per heavy atom. The fourth-order valence-electron chi connectivity index (χ4n) is 1.80. The molecule has 0 saturated heterocycles. The Kier molecular flexibility index (Phi) is 1.54. The van der Waals surface area contributed by atoms with Crippen LogP contribution >= 0.6 is 0 Å². The summed E-state index contributed by atoms with van der Waals surface area (Å²) in [6, 6.07) is 7.96. The molecule has 1 aromatic rings. The normalized spacial score (nSPS) is 27.6. The summed E-state index contributed by atoms with van der Waals surface area (Å²) in [4.78, 5) is 5.21. The van der Waals surface area contributed by atoms with Crippen LogP contribution in [-0.4, -0.2) is 18.9 Å². The fourth-order valence-corrected chi connectivity index (χ4v) is 1.80. The van der Waals surface area contributed by atoms with Gasteiger partial charge in [0.15, 0.2) is 0 Å². The average Bonchev–Trinajstić information content (AvgIpc) is 2.91. The standard InChI is InChI=1S/C11H11NO2/c1-13-8-4-2-7(3-5-8)11-9-6-10(9)14-12-11/h2-5,9-10H,6H2,1H3/t9-,10+/m0/s1. The molecule has 2 aliphatic rings. The quantitative estimate of drug-likeness (QED) is 0.710. The second kappa shape index (κ2) is 2.74. The Balaban J connectivity index is 1.89. The van der Waals surface area contributed by atoms with Crippen molar-refractivity contribution in [3.05, 3.63) is 29.8 Å². The number of methoxy groups -OCH3 is 1. The largest absolute Gasteiger partial charge is 0.497 e. The van der Waals surface area contributed by atoms with Crippen LogP contribution in [0.4, 0.5) is 0 Å². The molecule has 1 aliphatic carbocycles. The summed E-state index contributed by atoms with van der Waals surface area (Å²) in [7, 11) is 1.67. The third-order valence-corrected chi connectivity index (χ3v) is 2.76. The number of fused-ring (bicyclic) bond motifs is 1. The first-order chi connectivity index (χ1) is 6.88. The zero-order valence-electron chi connectivity index (χ0n) is 7.93. The van der Waals surface area contributed by atoms with Crippen molar-refractivity contribution in [3.63, 3.8) is 0 Å². The van der Waals surface area contributed by atoms with Crippen molar-refractivity contribution in [3.8, 4) is 5.75 Å². The lowest BCUT2D eigenvalue weighted by molar-refractivity contribution is 0.140. The van der Waals surface area contributed by atoms with Gasteiger partial charge in [0.05, 0.1) is 12.8 Å². The van der Waals surface area contributed by atoms with Gasteiger partial charge in [0.25, 0.3) is 0 Å². The van der Waals surface area contributed by atoms with Crippen LogP contribution in [0.1, 0.15) is 12.0 Å². The van der Waals surface area contributed by atoms with Crippen molar-refractivity contribution in [2.45, 2.75) is 12.5 Å². The predicted octanol–water partition coefficient (Wildman–Crippen LogP) is 1.82. The highest BCUT2D eigenvalue weighted by Crippen LogP contribution is 2.42. The number of rotatable bonds is 2. The van der Waals surface area contributed by atoms with Crippen molar-refractivity contribution in [1.82, 2.24) is 0 Å². The van der Waals surface area contributed by atoms with E-state index >= 15 is 0 Å². The molecule has 1 aromatic carbocycles. The zero-order chi connectivity index (χ0) is 9.54. The van der Waals surface area contributed by atoms with Crippen LogP contribution in [0.5, 0.6) is 5.75 Å². The van der Waals surface area contributed by atoms with E-state index in [9.17, 15) is 0 Å². The van der Waals surface area contributed by atoms with E-state index in [1.807, 2.05) is 24.3 Å². The van der Waals surface area contributed by atoms with Crippen LogP contribution in [0.2, 0.25) is 0 Å². The van der Waals surface area contributed by atoms with Crippen molar-refractivity contribution in [2.75, 3.05) is 7.11 Å². The number of oxime groups is 1. The summed E-state index contributed by atoms with van der Waals surface area (Å²) in [6.45, 7) is 0. The fraction of sp³-hybridized carbons (Fsp3) is 0.364. The van der Waals surface area contributed by atoms with Crippen molar-refractivity contribution >= 4 is 5.71 Å². The maximum Gasteiger partial charge on any atom is 0.136 e. The first-order valence-corrected chi connectivity index (χ1v) is 4.76. The number of hydrogen-bond acceptors (Lipinski definition) is 3. The molecule has 0 N–H and O–H groups in total. The number of ether oxygens (including phenoxy) is 1. The van der Waals surface area contributed by atoms with Crippen LogP contribution in [0.3, 0.4) is 0 Å². The molecular weight excluding hydrogens is 178 g/mol. The van der Waals surface area contributed by atoms with E-state index in [0.717, 1.165) is 23.4 Å². The molecule has 0 bridgehead atoms. The summed E-state index contributed by atoms with van der Waals surface area (Å²) >= 11 is 0. The monoisotopic (exact) mass is 189 g/mol. The van der Waals surface area contributed by atoms with Crippen LogP contribution in [-0.2, 0) is 4.84 Å². The summed E-state index contributed by atoms with van der Waals surface area (Å²) < 4.78 is 5.10. The van der Waals surface area contributed by atoms with Crippen molar-refractivity contribution in [1.29, 1.82) is 0 Å². The Bertz CT molecular complexity index is 383. The maximum absolute atomic E-state index is 5.21. The molecule has 1 fully saturated rings. The third kappa shape index (κ3) is 1.09. The Morgan fingerprint density at radius 1 is 1.36 bits per heavy atom. The van der Waals surface area contributed by atoms with Gasteiger partial charge in [0.1, 0.15) is 11.9 Å². The van der Waals surface area contributed by atoms with Crippen LogP contribution < -0.4 is 4.74 Å². The van der Waals surface area contributed by atoms with Crippen LogP contribution in [0.25, 0.3) is 0 Å². The molecule has 0 unspecified atom stereocenters. The van der Waals surface area contributed by atoms with Crippen molar-refractivity contribution in [2.24, 2.45) is 11.1 Å². The topological polar surface area (TPSA) is 30.8 Å². The van der Waals surface area contributed by atoms with E-state index in [-0.39, 0.29) is 0 Å². The minimum Gasteiger partial charge on any atom is -0.497 e. The number of benzene rings is 1. The van der Waals surface area contributed by atoms with Crippen LogP contribution in [0, 0.1) is 5.92 Å². The lowest BCUT2D eigenvalue weighted by Gasteiger charge is -2.02. The molecule has 0 aromatic heterocycles. The predicted molar refractivity (Wildman–Crippen MR) is 52.5 cm³/mol. The first-order valence-electron chi connectivity index (χ1n) is 4.76. The molecule has 3 nitrogen and oxygen atoms in total. The Labute approximate surface area is 82.3 Å². The number of nitrogens with zero attached hydrogens (tertiary/aromatic N) is 1. The molecule has 1 saturated carbocycles. The van der Waals surface area contributed by atoms with E-state index < -0.39 is 0 Å². The smallest absolute Gasteiger partial charge is 0.136 e. The molecule has 0 spiro atoms. The molecule has 72 valence electrons. The molecule has 2 atom stereocenters. The summed E-state index contributed by atoms with van der Waals surface area (Å²) in [5, 5.41) is 4.07. The van der Waals surface area contributed by atoms with Gasteiger partial charge in [-0.3, -0.25) is 0 Å². The molecule has 1 heterocycles. The van der Waals surface area contributed by atoms with Gasteiger partial charge in [0, 0.05) is 5.92 Å². The molecule has 0 amide bonds. The van der Waals surface area contributed by atoms with Gasteiger partial charge in [-0.15, -0.1) is 0 Å². The molecule has 3 rings (SSSR count). The van der Waals surface area contributed by atoms with Gasteiger partial charge in [-0.2, -0.15) is 0 Å². The highest BCUT2D eigenvalue weighted by atomic mass is 16.7. The Hall–Kier alpha value is -1.51. The van der Waals surface area contributed by atoms with Crippen molar-refractivity contribution < 1.29 is 9.57 Å². The number of hydrogen-bond donors (Lipinski definition) is 0. The second-order valence-electron chi connectivity index (χ2n) is 3.69. The van der Waals surface area contributed by atoms with Crippen LogP contribution in [0.15, 0.2) is 29.4 Å². The lowest BCUT2D eigenvalue weighted by atomic mass is 10.1. The van der Waals surface area contributed by atoms with Gasteiger partial charge in [0.2, 0.25) is 0 Å². The van der Waals surface area contributed by atoms with E-state index in [1.165, 1.54) is 0 Å². The highest BCUT2D eigenvalue weighted by Gasteiger charge is 2.48. The van der Waals surface area contributed by atoms with Gasteiger partial charge < -0.3 is 9.57 Å². The van der Waals surface area contributed by atoms with Gasteiger partial charge >= 0.3 is 0 Å². The SMILES string of the molecule is COc1ccc(C2=NO[C@@H]3C[C@H]23)cc1. The van der Waals surface area contributed by atoms with E-state index in [1.54, 1.807) is 7.11 Å². The third-order valence-electron chi connectivity index (χ3n) is 2.76. The van der Waals surface area contributed by atoms with Gasteiger partial charge in [-0.1, -0.05) is 5.16 Å².